The van der Waals surface area contributed by atoms with Crippen molar-refractivity contribution in [1.82, 2.24) is 19.7 Å². The third-order valence-electron chi connectivity index (χ3n) is 4.67. The highest BCUT2D eigenvalue weighted by molar-refractivity contribution is 5.87. The summed E-state index contributed by atoms with van der Waals surface area (Å²) in [5.74, 6) is 0.801. The Labute approximate surface area is 138 Å². The van der Waals surface area contributed by atoms with Gasteiger partial charge in [0.05, 0.1) is 23.1 Å². The minimum absolute atomic E-state index is 0.236. The number of halogens is 1. The number of nitrogens with zero attached hydrogens (tertiary/aromatic N) is 3. The molecular formula is C19H15FN4. The number of hydrogen-bond acceptors (Lipinski definition) is 2. The van der Waals surface area contributed by atoms with E-state index in [1.165, 1.54) is 6.07 Å². The topological polar surface area (TPSA) is 46.5 Å². The summed E-state index contributed by atoms with van der Waals surface area (Å²) in [6.45, 7) is 0.926. The molecule has 0 bridgehead atoms. The van der Waals surface area contributed by atoms with E-state index in [-0.39, 0.29) is 5.82 Å². The third-order valence-corrected chi connectivity index (χ3v) is 4.67. The highest BCUT2D eigenvalue weighted by atomic mass is 19.1. The van der Waals surface area contributed by atoms with Crippen molar-refractivity contribution in [2.24, 2.45) is 0 Å². The van der Waals surface area contributed by atoms with E-state index in [1.54, 1.807) is 12.1 Å². The lowest BCUT2D eigenvalue weighted by Gasteiger charge is -2.09. The number of hydrogen-bond donors (Lipinski definition) is 1. The van der Waals surface area contributed by atoms with Crippen LogP contribution in [-0.4, -0.2) is 19.7 Å². The van der Waals surface area contributed by atoms with Gasteiger partial charge in [0.25, 0.3) is 0 Å². The number of fused-ring (bicyclic) bond motifs is 2. The number of aryl methyl sites for hydroxylation is 1. The van der Waals surface area contributed by atoms with Crippen LogP contribution in [0.15, 0.2) is 48.7 Å². The number of rotatable bonds is 2. The van der Waals surface area contributed by atoms with Crippen molar-refractivity contribution in [1.29, 1.82) is 0 Å². The Morgan fingerprint density at radius 2 is 2.04 bits per heavy atom. The van der Waals surface area contributed by atoms with Gasteiger partial charge in [-0.2, -0.15) is 5.10 Å². The van der Waals surface area contributed by atoms with Crippen LogP contribution in [-0.2, 0) is 13.0 Å². The first kappa shape index (κ1) is 13.5. The molecule has 0 saturated carbocycles. The molecule has 1 aliphatic heterocycles. The maximum atomic E-state index is 14.4. The van der Waals surface area contributed by atoms with E-state index < -0.39 is 0 Å². The van der Waals surface area contributed by atoms with E-state index in [0.29, 0.717) is 5.56 Å². The smallest absolute Gasteiger partial charge is 0.132 e. The molecule has 118 valence electrons. The minimum Gasteiger partial charge on any atom is -0.327 e. The van der Waals surface area contributed by atoms with Crippen molar-refractivity contribution in [2.75, 3.05) is 0 Å². The van der Waals surface area contributed by atoms with Crippen molar-refractivity contribution in [2.45, 2.75) is 19.4 Å². The number of imidazole rings is 1. The van der Waals surface area contributed by atoms with Gasteiger partial charge in [0.2, 0.25) is 0 Å². The van der Waals surface area contributed by atoms with Crippen molar-refractivity contribution < 1.29 is 4.39 Å². The summed E-state index contributed by atoms with van der Waals surface area (Å²) >= 11 is 0. The lowest BCUT2D eigenvalue weighted by Crippen LogP contribution is -1.97. The molecule has 0 amide bonds. The highest BCUT2D eigenvalue weighted by Gasteiger charge is 2.24. The van der Waals surface area contributed by atoms with E-state index in [9.17, 15) is 4.39 Å². The van der Waals surface area contributed by atoms with Gasteiger partial charge in [0, 0.05) is 29.5 Å². The second-order valence-corrected chi connectivity index (χ2v) is 6.13. The van der Waals surface area contributed by atoms with Crippen LogP contribution in [0, 0.1) is 5.82 Å². The lowest BCUT2D eigenvalue weighted by atomic mass is 10.0. The van der Waals surface area contributed by atoms with E-state index in [1.807, 2.05) is 24.4 Å². The first-order chi connectivity index (χ1) is 11.8. The molecule has 3 heterocycles. The van der Waals surface area contributed by atoms with Crippen LogP contribution in [0.5, 0.6) is 0 Å². The molecule has 0 atom stereocenters. The normalized spacial score (nSPS) is 13.5. The van der Waals surface area contributed by atoms with Crippen molar-refractivity contribution in [3.63, 3.8) is 0 Å². The van der Waals surface area contributed by atoms with Gasteiger partial charge in [-0.3, -0.25) is 5.10 Å². The average Bonchev–Trinajstić information content (AvgIpc) is 3.29. The SMILES string of the molecule is Fc1ccccc1-c1nc2n(c1-c1ccc3[nH]ncc3c1)CCC2. The summed E-state index contributed by atoms with van der Waals surface area (Å²) in [7, 11) is 0. The Bertz CT molecular complexity index is 1060. The molecule has 5 heteroatoms. The van der Waals surface area contributed by atoms with Crippen molar-refractivity contribution in [3.8, 4) is 22.5 Å². The first-order valence-corrected chi connectivity index (χ1v) is 8.09. The van der Waals surface area contributed by atoms with E-state index >= 15 is 0 Å². The lowest BCUT2D eigenvalue weighted by molar-refractivity contribution is 0.630. The summed E-state index contributed by atoms with van der Waals surface area (Å²) in [4.78, 5) is 4.77. The first-order valence-electron chi connectivity index (χ1n) is 8.09. The maximum Gasteiger partial charge on any atom is 0.132 e. The van der Waals surface area contributed by atoms with Gasteiger partial charge in [-0.25, -0.2) is 9.37 Å². The molecular weight excluding hydrogens is 303 g/mol. The van der Waals surface area contributed by atoms with Crippen LogP contribution in [0.3, 0.4) is 0 Å². The highest BCUT2D eigenvalue weighted by Crippen LogP contribution is 2.37. The fourth-order valence-corrected chi connectivity index (χ4v) is 3.55. The predicted molar refractivity (Wildman–Crippen MR) is 91.0 cm³/mol. The van der Waals surface area contributed by atoms with Gasteiger partial charge in [-0.1, -0.05) is 18.2 Å². The molecule has 1 aliphatic rings. The molecule has 5 rings (SSSR count). The van der Waals surface area contributed by atoms with E-state index in [0.717, 1.165) is 53.1 Å². The van der Waals surface area contributed by atoms with Gasteiger partial charge < -0.3 is 4.57 Å². The number of nitrogens with one attached hydrogen (secondary N) is 1. The fraction of sp³-hybridized carbons (Fsp3) is 0.158. The van der Waals surface area contributed by atoms with Gasteiger partial charge in [0.1, 0.15) is 11.6 Å². The van der Waals surface area contributed by atoms with Crippen molar-refractivity contribution >= 4 is 10.9 Å². The van der Waals surface area contributed by atoms with Gasteiger partial charge in [0.15, 0.2) is 0 Å². The number of aromatic nitrogens is 4. The molecule has 2 aromatic heterocycles. The van der Waals surface area contributed by atoms with Gasteiger partial charge in [-0.05, 0) is 30.7 Å². The second kappa shape index (κ2) is 5.03. The maximum absolute atomic E-state index is 14.4. The molecule has 0 saturated heterocycles. The van der Waals surface area contributed by atoms with Gasteiger partial charge in [-0.15, -0.1) is 0 Å². The average molecular weight is 318 g/mol. The van der Waals surface area contributed by atoms with E-state index in [2.05, 4.69) is 20.8 Å². The summed E-state index contributed by atoms with van der Waals surface area (Å²) in [5, 5.41) is 8.09. The van der Waals surface area contributed by atoms with Crippen molar-refractivity contribution in [3.05, 3.63) is 60.3 Å². The zero-order valence-corrected chi connectivity index (χ0v) is 13.0. The molecule has 4 nitrogen and oxygen atoms in total. The van der Waals surface area contributed by atoms with Crippen LogP contribution in [0.25, 0.3) is 33.4 Å². The zero-order chi connectivity index (χ0) is 16.1. The Balaban J connectivity index is 1.79. The number of H-pyrrole nitrogens is 1. The van der Waals surface area contributed by atoms with E-state index in [4.69, 9.17) is 4.98 Å². The van der Waals surface area contributed by atoms with Gasteiger partial charge >= 0.3 is 0 Å². The molecule has 1 N–H and O–H groups in total. The van der Waals surface area contributed by atoms with Crippen LogP contribution in [0.4, 0.5) is 4.39 Å². The van der Waals surface area contributed by atoms with Crippen LogP contribution in [0.1, 0.15) is 12.2 Å². The number of benzene rings is 2. The standard InChI is InChI=1S/C19H15FN4/c20-15-5-2-1-4-14(15)18-19(24-9-3-6-17(24)22-18)12-7-8-16-13(10-12)11-21-23-16/h1-2,4-5,7-8,10-11H,3,6,9H2,(H,21,23). The molecule has 0 fully saturated rings. The Hall–Kier alpha value is -2.95. The molecule has 0 aliphatic carbocycles. The van der Waals surface area contributed by atoms with Crippen LogP contribution in [0.2, 0.25) is 0 Å². The summed E-state index contributed by atoms with van der Waals surface area (Å²) < 4.78 is 16.6. The minimum atomic E-state index is -0.236. The molecule has 0 unspecified atom stereocenters. The predicted octanol–water partition coefficient (Wildman–Crippen LogP) is 4.18. The summed E-state index contributed by atoms with van der Waals surface area (Å²) in [6.07, 6.45) is 3.83. The Morgan fingerprint density at radius 1 is 1.12 bits per heavy atom. The molecule has 2 aromatic carbocycles. The fourth-order valence-electron chi connectivity index (χ4n) is 3.55. The molecule has 24 heavy (non-hydrogen) atoms. The monoisotopic (exact) mass is 318 g/mol. The second-order valence-electron chi connectivity index (χ2n) is 6.13. The molecule has 0 radical (unpaired) electrons. The third kappa shape index (κ3) is 1.91. The largest absolute Gasteiger partial charge is 0.327 e. The number of aromatic amines is 1. The Kier molecular flexibility index (Phi) is 2.82. The Morgan fingerprint density at radius 3 is 2.96 bits per heavy atom. The zero-order valence-electron chi connectivity index (χ0n) is 13.0. The summed E-state index contributed by atoms with van der Waals surface area (Å²) in [6, 6.07) is 13.0. The molecule has 4 aromatic rings. The van der Waals surface area contributed by atoms with Crippen LogP contribution >= 0.6 is 0 Å². The quantitative estimate of drug-likeness (QED) is 0.603. The summed E-state index contributed by atoms with van der Waals surface area (Å²) in [5.41, 5.74) is 4.32. The van der Waals surface area contributed by atoms with Crippen LogP contribution < -0.4 is 0 Å². The molecule has 0 spiro atoms.